The summed E-state index contributed by atoms with van der Waals surface area (Å²) in [6, 6.07) is 5.59. The maximum absolute atomic E-state index is 12.3. The van der Waals surface area contributed by atoms with Crippen molar-refractivity contribution in [3.63, 3.8) is 0 Å². The molecule has 7 nitrogen and oxygen atoms in total. The van der Waals surface area contributed by atoms with Crippen LogP contribution in [0.4, 0.5) is 11.4 Å². The Morgan fingerprint density at radius 2 is 2.04 bits per heavy atom. The second-order valence-corrected chi connectivity index (χ2v) is 5.87. The number of benzene rings is 1. The van der Waals surface area contributed by atoms with Gasteiger partial charge in [0, 0.05) is 19.0 Å². The molecule has 7 heteroatoms. The van der Waals surface area contributed by atoms with Crippen molar-refractivity contribution >= 4 is 29.1 Å². The number of carbonyl (C=O) groups is 3. The standard InChI is InChI=1S/C17H19N3O4/c1-11-4-5-14(19-6-2-3-15(19)22)12(9-11)18-13-10-16(23)20(7-8-21)17(13)24/h4-5,9-10,18,21H,2-3,6-8H2,1H3. The first-order valence-corrected chi connectivity index (χ1v) is 7.87. The summed E-state index contributed by atoms with van der Waals surface area (Å²) in [6.07, 6.45) is 2.53. The minimum Gasteiger partial charge on any atom is -0.395 e. The topological polar surface area (TPSA) is 90.0 Å². The third-order valence-corrected chi connectivity index (χ3v) is 4.12. The van der Waals surface area contributed by atoms with E-state index in [1.165, 1.54) is 6.08 Å². The van der Waals surface area contributed by atoms with Crippen LogP contribution in [0.3, 0.4) is 0 Å². The van der Waals surface area contributed by atoms with Crippen molar-refractivity contribution in [2.45, 2.75) is 19.8 Å². The molecule has 0 saturated carbocycles. The van der Waals surface area contributed by atoms with Crippen molar-refractivity contribution in [3.8, 4) is 0 Å². The van der Waals surface area contributed by atoms with Crippen LogP contribution in [0.1, 0.15) is 18.4 Å². The van der Waals surface area contributed by atoms with Gasteiger partial charge >= 0.3 is 0 Å². The normalized spacial score (nSPS) is 17.8. The Morgan fingerprint density at radius 1 is 1.25 bits per heavy atom. The van der Waals surface area contributed by atoms with Gasteiger partial charge in [-0.3, -0.25) is 19.3 Å². The van der Waals surface area contributed by atoms with E-state index >= 15 is 0 Å². The highest BCUT2D eigenvalue weighted by Crippen LogP contribution is 2.32. The molecule has 0 bridgehead atoms. The molecule has 0 aliphatic carbocycles. The predicted molar refractivity (Wildman–Crippen MR) is 88.3 cm³/mol. The number of carbonyl (C=O) groups excluding carboxylic acids is 3. The maximum Gasteiger partial charge on any atom is 0.277 e. The van der Waals surface area contributed by atoms with E-state index in [1.807, 2.05) is 25.1 Å². The Balaban J connectivity index is 1.89. The highest BCUT2D eigenvalue weighted by atomic mass is 16.3. The number of aliphatic hydroxyl groups is 1. The Kier molecular flexibility index (Phi) is 4.35. The quantitative estimate of drug-likeness (QED) is 0.779. The van der Waals surface area contributed by atoms with E-state index in [0.29, 0.717) is 24.3 Å². The van der Waals surface area contributed by atoms with E-state index in [4.69, 9.17) is 5.11 Å². The van der Waals surface area contributed by atoms with Crippen LogP contribution in [0.2, 0.25) is 0 Å². The van der Waals surface area contributed by atoms with Crippen LogP contribution in [0, 0.1) is 6.92 Å². The van der Waals surface area contributed by atoms with Gasteiger partial charge in [0.1, 0.15) is 5.70 Å². The number of amides is 3. The second-order valence-electron chi connectivity index (χ2n) is 5.87. The molecule has 1 saturated heterocycles. The summed E-state index contributed by atoms with van der Waals surface area (Å²) >= 11 is 0. The molecule has 2 N–H and O–H groups in total. The Labute approximate surface area is 139 Å². The van der Waals surface area contributed by atoms with Gasteiger partial charge in [0.05, 0.1) is 24.5 Å². The largest absolute Gasteiger partial charge is 0.395 e. The number of aryl methyl sites for hydroxylation is 1. The molecule has 2 aliphatic heterocycles. The van der Waals surface area contributed by atoms with E-state index in [2.05, 4.69) is 5.32 Å². The van der Waals surface area contributed by atoms with Gasteiger partial charge in [-0.1, -0.05) is 6.07 Å². The average molecular weight is 329 g/mol. The Morgan fingerprint density at radius 3 is 2.71 bits per heavy atom. The predicted octanol–water partition coefficient (Wildman–Crippen LogP) is 0.779. The second kappa shape index (κ2) is 6.45. The SMILES string of the molecule is Cc1ccc(N2CCCC2=O)c(NC2=CC(=O)N(CCO)C2=O)c1. The summed E-state index contributed by atoms with van der Waals surface area (Å²) in [4.78, 5) is 38.8. The fourth-order valence-corrected chi connectivity index (χ4v) is 2.94. The summed E-state index contributed by atoms with van der Waals surface area (Å²) in [5, 5.41) is 11.9. The van der Waals surface area contributed by atoms with Crippen LogP contribution < -0.4 is 10.2 Å². The van der Waals surface area contributed by atoms with Crippen molar-refractivity contribution in [1.29, 1.82) is 0 Å². The smallest absolute Gasteiger partial charge is 0.277 e. The van der Waals surface area contributed by atoms with E-state index in [9.17, 15) is 14.4 Å². The molecule has 0 radical (unpaired) electrons. The van der Waals surface area contributed by atoms with Crippen molar-refractivity contribution in [3.05, 3.63) is 35.5 Å². The van der Waals surface area contributed by atoms with Gasteiger partial charge in [-0.2, -0.15) is 0 Å². The Bertz CT molecular complexity index is 741. The summed E-state index contributed by atoms with van der Waals surface area (Å²) in [7, 11) is 0. The number of nitrogens with zero attached hydrogens (tertiary/aromatic N) is 2. The number of hydrogen-bond donors (Lipinski definition) is 2. The highest BCUT2D eigenvalue weighted by Gasteiger charge is 2.32. The summed E-state index contributed by atoms with van der Waals surface area (Å²) in [5.74, 6) is -0.885. The first-order chi connectivity index (χ1) is 11.5. The van der Waals surface area contributed by atoms with Gasteiger partial charge in [0.25, 0.3) is 11.8 Å². The zero-order chi connectivity index (χ0) is 17.3. The van der Waals surface area contributed by atoms with Gasteiger partial charge in [0.2, 0.25) is 5.91 Å². The van der Waals surface area contributed by atoms with Crippen LogP contribution in [-0.2, 0) is 14.4 Å². The molecular weight excluding hydrogens is 310 g/mol. The molecule has 126 valence electrons. The first kappa shape index (κ1) is 16.2. The summed E-state index contributed by atoms with van der Waals surface area (Å²) in [6.45, 7) is 2.23. The van der Waals surface area contributed by atoms with E-state index in [1.54, 1.807) is 4.90 Å². The van der Waals surface area contributed by atoms with Crippen molar-refractivity contribution in [1.82, 2.24) is 4.90 Å². The van der Waals surface area contributed by atoms with Crippen LogP contribution in [0.5, 0.6) is 0 Å². The molecular formula is C17H19N3O4. The zero-order valence-electron chi connectivity index (χ0n) is 13.4. The fraction of sp³-hybridized carbons (Fsp3) is 0.353. The molecule has 24 heavy (non-hydrogen) atoms. The van der Waals surface area contributed by atoms with Crippen LogP contribution in [0.15, 0.2) is 30.0 Å². The molecule has 3 rings (SSSR count). The number of aliphatic hydroxyl groups excluding tert-OH is 1. The van der Waals surface area contributed by atoms with Gasteiger partial charge in [0.15, 0.2) is 0 Å². The molecule has 2 aliphatic rings. The van der Waals surface area contributed by atoms with Gasteiger partial charge in [-0.05, 0) is 31.0 Å². The maximum atomic E-state index is 12.3. The number of β-amino-alcohol motifs (C(OH)–C–C–N with tert-alkyl or cyclic N) is 1. The summed E-state index contributed by atoms with van der Waals surface area (Å²) < 4.78 is 0. The molecule has 0 aromatic heterocycles. The zero-order valence-corrected chi connectivity index (χ0v) is 13.4. The van der Waals surface area contributed by atoms with Crippen LogP contribution >= 0.6 is 0 Å². The lowest BCUT2D eigenvalue weighted by Gasteiger charge is -2.21. The van der Waals surface area contributed by atoms with Crippen molar-refractivity contribution in [2.75, 3.05) is 29.9 Å². The number of rotatable bonds is 5. The molecule has 1 aromatic rings. The number of nitrogens with one attached hydrogen (secondary N) is 1. The molecule has 1 aromatic carbocycles. The molecule has 2 heterocycles. The average Bonchev–Trinajstić information content (AvgIpc) is 3.07. The van der Waals surface area contributed by atoms with Gasteiger partial charge < -0.3 is 15.3 Å². The minimum atomic E-state index is -0.478. The van der Waals surface area contributed by atoms with E-state index in [-0.39, 0.29) is 24.8 Å². The third kappa shape index (κ3) is 2.90. The molecule has 0 atom stereocenters. The van der Waals surface area contributed by atoms with Crippen LogP contribution in [-0.4, -0.2) is 47.4 Å². The van der Waals surface area contributed by atoms with Crippen LogP contribution in [0.25, 0.3) is 0 Å². The van der Waals surface area contributed by atoms with Crippen molar-refractivity contribution in [2.24, 2.45) is 0 Å². The summed E-state index contributed by atoms with van der Waals surface area (Å²) in [5.41, 5.74) is 2.43. The number of hydrogen-bond acceptors (Lipinski definition) is 5. The van der Waals surface area contributed by atoms with E-state index in [0.717, 1.165) is 16.9 Å². The monoisotopic (exact) mass is 329 g/mol. The molecule has 3 amide bonds. The lowest BCUT2D eigenvalue weighted by Crippen LogP contribution is -2.34. The number of imide groups is 1. The molecule has 0 unspecified atom stereocenters. The molecule has 1 fully saturated rings. The van der Waals surface area contributed by atoms with E-state index < -0.39 is 11.8 Å². The fourth-order valence-electron chi connectivity index (χ4n) is 2.94. The minimum absolute atomic E-state index is 0.0371. The lowest BCUT2D eigenvalue weighted by molar-refractivity contribution is -0.137. The first-order valence-electron chi connectivity index (χ1n) is 7.87. The van der Waals surface area contributed by atoms with Gasteiger partial charge in [-0.25, -0.2) is 0 Å². The van der Waals surface area contributed by atoms with Gasteiger partial charge in [-0.15, -0.1) is 0 Å². The Hall–Kier alpha value is -2.67. The third-order valence-electron chi connectivity index (χ3n) is 4.12. The molecule has 0 spiro atoms. The highest BCUT2D eigenvalue weighted by molar-refractivity contribution is 6.17. The van der Waals surface area contributed by atoms with Crippen molar-refractivity contribution < 1.29 is 19.5 Å². The lowest BCUT2D eigenvalue weighted by atomic mass is 10.1. The number of anilines is 2.